The van der Waals surface area contributed by atoms with Gasteiger partial charge in [-0.25, -0.2) is 0 Å². The lowest BCUT2D eigenvalue weighted by Crippen LogP contribution is -2.43. The third-order valence-corrected chi connectivity index (χ3v) is 3.61. The Bertz CT molecular complexity index is 546. The number of aliphatic hydroxyl groups is 2. The van der Waals surface area contributed by atoms with E-state index in [1.165, 1.54) is 18.3 Å². The van der Waals surface area contributed by atoms with Crippen molar-refractivity contribution in [3.8, 4) is 5.69 Å². The molecule has 0 saturated carbocycles. The summed E-state index contributed by atoms with van der Waals surface area (Å²) in [7, 11) is 0. The molecule has 1 unspecified atom stereocenters. The lowest BCUT2D eigenvalue weighted by Gasteiger charge is -2.20. The molecule has 102 valence electrons. The summed E-state index contributed by atoms with van der Waals surface area (Å²) in [5, 5.41) is 23.1. The van der Waals surface area contributed by atoms with Crippen molar-refractivity contribution in [2.75, 3.05) is 13.2 Å². The maximum Gasteiger partial charge on any atom is 0.263 e. The van der Waals surface area contributed by atoms with Crippen LogP contribution in [0.1, 0.15) is 16.6 Å². The second-order valence-electron chi connectivity index (χ2n) is 4.56. The van der Waals surface area contributed by atoms with E-state index in [-0.39, 0.29) is 12.5 Å². The molecule has 0 radical (unpaired) electrons. The fraction of sp³-hybridized carbons (Fsp3) is 0.308. The van der Waals surface area contributed by atoms with Gasteiger partial charge in [0.25, 0.3) is 5.91 Å². The number of aromatic nitrogens is 1. The van der Waals surface area contributed by atoms with Crippen LogP contribution in [0.4, 0.5) is 0 Å². The third kappa shape index (κ3) is 3.23. The number of rotatable bonds is 5. The maximum absolute atomic E-state index is 12.1. The molecule has 1 amide bonds. The Morgan fingerprint density at radius 3 is 2.79 bits per heavy atom. The SMILES string of the molecule is CC(O)(CO)CNC(=O)c1sccc1-n1cccc1. The van der Waals surface area contributed by atoms with Crippen LogP contribution in [-0.2, 0) is 0 Å². The number of hydrogen-bond acceptors (Lipinski definition) is 4. The van der Waals surface area contributed by atoms with E-state index in [1.807, 2.05) is 40.5 Å². The van der Waals surface area contributed by atoms with Gasteiger partial charge in [-0.1, -0.05) is 0 Å². The summed E-state index contributed by atoms with van der Waals surface area (Å²) in [6.07, 6.45) is 3.73. The summed E-state index contributed by atoms with van der Waals surface area (Å²) in [5.41, 5.74) is -0.503. The van der Waals surface area contributed by atoms with Crippen LogP contribution in [0.5, 0.6) is 0 Å². The van der Waals surface area contributed by atoms with E-state index < -0.39 is 12.2 Å². The molecule has 2 aromatic rings. The Morgan fingerprint density at radius 1 is 1.47 bits per heavy atom. The zero-order valence-corrected chi connectivity index (χ0v) is 11.4. The first-order chi connectivity index (χ1) is 9.03. The van der Waals surface area contributed by atoms with Gasteiger partial charge in [-0.05, 0) is 30.5 Å². The molecule has 0 aliphatic heterocycles. The lowest BCUT2D eigenvalue weighted by atomic mass is 10.1. The lowest BCUT2D eigenvalue weighted by molar-refractivity contribution is 0.00323. The quantitative estimate of drug-likeness (QED) is 0.765. The van der Waals surface area contributed by atoms with Gasteiger partial charge in [0.15, 0.2) is 0 Å². The second-order valence-corrected chi connectivity index (χ2v) is 5.48. The molecule has 6 heteroatoms. The highest BCUT2D eigenvalue weighted by Crippen LogP contribution is 2.21. The van der Waals surface area contributed by atoms with Crippen LogP contribution in [0, 0.1) is 0 Å². The maximum atomic E-state index is 12.1. The average molecular weight is 280 g/mol. The molecule has 2 heterocycles. The van der Waals surface area contributed by atoms with Crippen molar-refractivity contribution in [3.63, 3.8) is 0 Å². The molecule has 3 N–H and O–H groups in total. The first-order valence-electron chi connectivity index (χ1n) is 5.86. The summed E-state index contributed by atoms with van der Waals surface area (Å²) in [5.74, 6) is -0.257. The van der Waals surface area contributed by atoms with Gasteiger partial charge in [-0.3, -0.25) is 4.79 Å². The predicted octanol–water partition coefficient (Wildman–Crippen LogP) is 1.01. The minimum atomic E-state index is -1.31. The molecule has 2 aromatic heterocycles. The first-order valence-corrected chi connectivity index (χ1v) is 6.74. The van der Waals surface area contributed by atoms with Crippen LogP contribution in [-0.4, -0.2) is 39.4 Å². The number of amides is 1. The van der Waals surface area contributed by atoms with Crippen molar-refractivity contribution >= 4 is 17.2 Å². The third-order valence-electron chi connectivity index (χ3n) is 2.70. The molecule has 0 bridgehead atoms. The van der Waals surface area contributed by atoms with Gasteiger partial charge in [0, 0.05) is 18.9 Å². The van der Waals surface area contributed by atoms with Crippen LogP contribution in [0.25, 0.3) is 5.69 Å². The molecule has 19 heavy (non-hydrogen) atoms. The smallest absolute Gasteiger partial charge is 0.263 e. The Kier molecular flexibility index (Phi) is 4.04. The number of nitrogens with one attached hydrogen (secondary N) is 1. The van der Waals surface area contributed by atoms with Crippen LogP contribution >= 0.6 is 11.3 Å². The molecule has 0 saturated heterocycles. The van der Waals surface area contributed by atoms with Gasteiger partial charge < -0.3 is 20.1 Å². The zero-order chi connectivity index (χ0) is 13.9. The van der Waals surface area contributed by atoms with E-state index in [0.29, 0.717) is 4.88 Å². The van der Waals surface area contributed by atoms with E-state index in [4.69, 9.17) is 5.11 Å². The van der Waals surface area contributed by atoms with E-state index in [1.54, 1.807) is 0 Å². The second kappa shape index (κ2) is 5.56. The highest BCUT2D eigenvalue weighted by molar-refractivity contribution is 7.12. The fourth-order valence-corrected chi connectivity index (χ4v) is 2.38. The molecule has 0 spiro atoms. The van der Waals surface area contributed by atoms with Gasteiger partial charge in [0.1, 0.15) is 10.5 Å². The summed E-state index contributed by atoms with van der Waals surface area (Å²) >= 11 is 1.34. The van der Waals surface area contributed by atoms with E-state index in [0.717, 1.165) is 5.69 Å². The molecule has 2 rings (SSSR count). The number of carbonyl (C=O) groups excluding carboxylic acids is 1. The van der Waals surface area contributed by atoms with E-state index in [9.17, 15) is 9.90 Å². The Labute approximate surface area is 115 Å². The van der Waals surface area contributed by atoms with Gasteiger partial charge in [-0.2, -0.15) is 0 Å². The van der Waals surface area contributed by atoms with Crippen LogP contribution in [0.2, 0.25) is 0 Å². The van der Waals surface area contributed by atoms with Gasteiger partial charge in [-0.15, -0.1) is 11.3 Å². The molecule has 0 fully saturated rings. The van der Waals surface area contributed by atoms with Crippen LogP contribution in [0.3, 0.4) is 0 Å². The van der Waals surface area contributed by atoms with Crippen LogP contribution < -0.4 is 5.32 Å². The van der Waals surface area contributed by atoms with Crippen molar-refractivity contribution in [2.45, 2.75) is 12.5 Å². The van der Waals surface area contributed by atoms with Gasteiger partial charge >= 0.3 is 0 Å². The molecule has 0 aliphatic rings. The van der Waals surface area contributed by atoms with Crippen molar-refractivity contribution < 1.29 is 15.0 Å². The van der Waals surface area contributed by atoms with Crippen molar-refractivity contribution in [2.24, 2.45) is 0 Å². The fourth-order valence-electron chi connectivity index (χ4n) is 1.58. The molecule has 5 nitrogen and oxygen atoms in total. The minimum Gasteiger partial charge on any atom is -0.393 e. The number of nitrogens with zero attached hydrogens (tertiary/aromatic N) is 1. The van der Waals surface area contributed by atoms with E-state index >= 15 is 0 Å². The normalized spacial score (nSPS) is 14.1. The van der Waals surface area contributed by atoms with Gasteiger partial charge in [0.05, 0.1) is 12.3 Å². The summed E-state index contributed by atoms with van der Waals surface area (Å²) < 4.78 is 1.86. The monoisotopic (exact) mass is 280 g/mol. The molecular formula is C13H16N2O3S. The Morgan fingerprint density at radius 2 is 2.16 bits per heavy atom. The van der Waals surface area contributed by atoms with Crippen molar-refractivity contribution in [1.29, 1.82) is 0 Å². The summed E-state index contributed by atoms with van der Waals surface area (Å²) in [6.45, 7) is 1.07. The summed E-state index contributed by atoms with van der Waals surface area (Å²) in [4.78, 5) is 12.7. The largest absolute Gasteiger partial charge is 0.393 e. The van der Waals surface area contributed by atoms with Crippen LogP contribution in [0.15, 0.2) is 36.0 Å². The zero-order valence-electron chi connectivity index (χ0n) is 10.5. The Balaban J connectivity index is 2.11. The number of thiophene rings is 1. The topological polar surface area (TPSA) is 74.5 Å². The molecular weight excluding hydrogens is 264 g/mol. The standard InChI is InChI=1S/C13H16N2O3S/c1-13(18,9-16)8-14-12(17)11-10(4-7-19-11)15-5-2-3-6-15/h2-7,16,18H,8-9H2,1H3,(H,14,17). The number of carbonyl (C=O) groups is 1. The van der Waals surface area contributed by atoms with Crippen molar-refractivity contribution in [3.05, 3.63) is 40.8 Å². The van der Waals surface area contributed by atoms with E-state index in [2.05, 4.69) is 5.32 Å². The molecule has 1 atom stereocenters. The number of aliphatic hydroxyl groups excluding tert-OH is 1. The highest BCUT2D eigenvalue weighted by Gasteiger charge is 2.21. The highest BCUT2D eigenvalue weighted by atomic mass is 32.1. The van der Waals surface area contributed by atoms with Crippen molar-refractivity contribution in [1.82, 2.24) is 9.88 Å². The first kappa shape index (κ1) is 13.8. The predicted molar refractivity (Wildman–Crippen MR) is 73.7 cm³/mol. The average Bonchev–Trinajstić information content (AvgIpc) is 3.05. The van der Waals surface area contributed by atoms with Gasteiger partial charge in [0.2, 0.25) is 0 Å². The minimum absolute atomic E-state index is 0.00531. The molecule has 0 aromatic carbocycles. The summed E-state index contributed by atoms with van der Waals surface area (Å²) in [6, 6.07) is 5.63. The molecule has 0 aliphatic carbocycles. The Hall–Kier alpha value is -1.63. The number of hydrogen-bond donors (Lipinski definition) is 3.